The van der Waals surface area contributed by atoms with Crippen LogP contribution in [0.15, 0.2) is 36.4 Å². The smallest absolute Gasteiger partial charge is 0.119 e. The van der Waals surface area contributed by atoms with Gasteiger partial charge >= 0.3 is 0 Å². The van der Waals surface area contributed by atoms with Crippen molar-refractivity contribution in [1.82, 2.24) is 0 Å². The first kappa shape index (κ1) is 9.28. The molecule has 1 heterocycles. The first-order valence-electron chi connectivity index (χ1n) is 4.46. The topological polar surface area (TPSA) is 9.23 Å². The van der Waals surface area contributed by atoms with Gasteiger partial charge in [-0.3, -0.25) is 0 Å². The number of benzene rings is 1. The van der Waals surface area contributed by atoms with E-state index in [0.717, 1.165) is 12.2 Å². The molecule has 1 radical (unpaired) electrons. The average molecular weight is 203 g/mol. The maximum absolute atomic E-state index is 5.17. The van der Waals surface area contributed by atoms with Crippen molar-refractivity contribution in [1.29, 1.82) is 0 Å². The molecule has 0 amide bonds. The number of hydrogen-bond acceptors (Lipinski definition) is 2. The van der Waals surface area contributed by atoms with Gasteiger partial charge in [0.05, 0.1) is 7.11 Å². The number of hydrogen-bond donors (Lipinski definition) is 0. The molecular weight excluding hydrogens is 192 g/mol. The lowest BCUT2D eigenvalue weighted by molar-refractivity contribution is 0.414. The molecule has 14 heavy (non-hydrogen) atoms. The van der Waals surface area contributed by atoms with Crippen LogP contribution < -0.4 is 4.74 Å². The summed E-state index contributed by atoms with van der Waals surface area (Å²) in [6, 6.07) is 12.2. The van der Waals surface area contributed by atoms with Gasteiger partial charge in [0, 0.05) is 16.7 Å². The van der Waals surface area contributed by atoms with E-state index in [1.807, 2.05) is 18.2 Å². The van der Waals surface area contributed by atoms with Crippen LogP contribution in [0.1, 0.15) is 10.4 Å². The lowest BCUT2D eigenvalue weighted by Crippen LogP contribution is -1.87. The van der Waals surface area contributed by atoms with Crippen LogP contribution in [0.25, 0.3) is 0 Å². The van der Waals surface area contributed by atoms with Crippen LogP contribution in [-0.2, 0) is 6.42 Å². The zero-order valence-electron chi connectivity index (χ0n) is 7.99. The van der Waals surface area contributed by atoms with E-state index in [9.17, 15) is 0 Å². The molecule has 2 rings (SSSR count). The van der Waals surface area contributed by atoms with Gasteiger partial charge in [-0.05, 0) is 29.8 Å². The van der Waals surface area contributed by atoms with Crippen LogP contribution in [-0.4, -0.2) is 7.11 Å². The second-order valence-corrected chi connectivity index (χ2v) is 4.01. The van der Waals surface area contributed by atoms with Crippen molar-refractivity contribution in [3.63, 3.8) is 0 Å². The Morgan fingerprint density at radius 3 is 3.00 bits per heavy atom. The highest BCUT2D eigenvalue weighted by atomic mass is 32.1. The van der Waals surface area contributed by atoms with Crippen molar-refractivity contribution in [3.8, 4) is 5.75 Å². The van der Waals surface area contributed by atoms with Gasteiger partial charge in [-0.25, -0.2) is 0 Å². The summed E-state index contributed by atoms with van der Waals surface area (Å²) in [5.41, 5.74) is 1.28. The summed E-state index contributed by atoms with van der Waals surface area (Å²) in [5, 5.41) is 3.09. The van der Waals surface area contributed by atoms with E-state index in [0.29, 0.717) is 0 Å². The lowest BCUT2D eigenvalue weighted by Gasteiger charge is -2.02. The zero-order valence-corrected chi connectivity index (χ0v) is 8.80. The van der Waals surface area contributed by atoms with Crippen LogP contribution in [0.3, 0.4) is 0 Å². The third-order valence-electron chi connectivity index (χ3n) is 2.04. The highest BCUT2D eigenvalue weighted by molar-refractivity contribution is 7.09. The number of methoxy groups -OCH3 is 1. The third kappa shape index (κ3) is 2.15. The maximum atomic E-state index is 5.17. The number of thiophene rings is 1. The molecule has 2 heteroatoms. The summed E-state index contributed by atoms with van der Waals surface area (Å²) in [6.45, 7) is 0. The van der Waals surface area contributed by atoms with Crippen LogP contribution in [0.5, 0.6) is 5.75 Å². The van der Waals surface area contributed by atoms with E-state index in [-0.39, 0.29) is 0 Å². The average Bonchev–Trinajstić information content (AvgIpc) is 2.71. The molecule has 0 fully saturated rings. The minimum absolute atomic E-state index is 0.919. The van der Waals surface area contributed by atoms with Gasteiger partial charge in [0.2, 0.25) is 0 Å². The Hall–Kier alpha value is -1.28. The van der Waals surface area contributed by atoms with Crippen LogP contribution in [0.2, 0.25) is 0 Å². The number of rotatable bonds is 3. The molecule has 1 aromatic heterocycles. The van der Waals surface area contributed by atoms with E-state index < -0.39 is 0 Å². The molecular formula is C12H11OS. The Bertz CT molecular complexity index is 392. The van der Waals surface area contributed by atoms with Gasteiger partial charge in [0.1, 0.15) is 5.75 Å². The van der Waals surface area contributed by atoms with Crippen LogP contribution >= 0.6 is 11.3 Å². The summed E-state index contributed by atoms with van der Waals surface area (Å²) >= 11 is 1.67. The molecule has 1 aromatic carbocycles. The van der Waals surface area contributed by atoms with Crippen molar-refractivity contribution in [2.45, 2.75) is 6.42 Å². The molecule has 0 aliphatic carbocycles. The van der Waals surface area contributed by atoms with Crippen LogP contribution in [0, 0.1) is 5.38 Å². The first-order chi connectivity index (χ1) is 6.88. The molecule has 0 atom stereocenters. The van der Waals surface area contributed by atoms with E-state index in [4.69, 9.17) is 4.74 Å². The molecule has 0 unspecified atom stereocenters. The van der Waals surface area contributed by atoms with Gasteiger partial charge in [-0.2, -0.15) is 0 Å². The first-order valence-corrected chi connectivity index (χ1v) is 5.28. The van der Waals surface area contributed by atoms with Gasteiger partial charge < -0.3 is 4.74 Å². The summed E-state index contributed by atoms with van der Waals surface area (Å²) in [7, 11) is 1.69. The molecule has 0 saturated carbocycles. The van der Waals surface area contributed by atoms with E-state index >= 15 is 0 Å². The van der Waals surface area contributed by atoms with Crippen molar-refractivity contribution in [3.05, 3.63) is 52.2 Å². The van der Waals surface area contributed by atoms with Gasteiger partial charge in [-0.1, -0.05) is 12.1 Å². The Morgan fingerprint density at radius 2 is 2.29 bits per heavy atom. The van der Waals surface area contributed by atoms with Crippen molar-refractivity contribution in [2.24, 2.45) is 0 Å². The predicted octanol–water partition coefficient (Wildman–Crippen LogP) is 3.15. The molecule has 0 aliphatic rings. The Labute approximate surface area is 88.0 Å². The van der Waals surface area contributed by atoms with Gasteiger partial charge in [0.25, 0.3) is 0 Å². The standard InChI is InChI=1S/C12H11OS/c1-13-11-5-2-4-10(8-11)9-12-6-3-7-14-12/h2-6,8H,9H2,1H3. The normalized spacial score (nSPS) is 10.1. The summed E-state index contributed by atoms with van der Waals surface area (Å²) in [6.07, 6.45) is 0.964. The molecule has 0 bridgehead atoms. The predicted molar refractivity (Wildman–Crippen MR) is 59.0 cm³/mol. The van der Waals surface area contributed by atoms with E-state index in [2.05, 4.69) is 23.6 Å². The largest absolute Gasteiger partial charge is 0.497 e. The van der Waals surface area contributed by atoms with E-state index in [1.54, 1.807) is 18.4 Å². The minimum atomic E-state index is 0.919. The van der Waals surface area contributed by atoms with Crippen LogP contribution in [0.4, 0.5) is 0 Å². The second kappa shape index (κ2) is 4.29. The molecule has 1 nitrogen and oxygen atoms in total. The summed E-state index contributed by atoms with van der Waals surface area (Å²) in [4.78, 5) is 1.33. The maximum Gasteiger partial charge on any atom is 0.119 e. The highest BCUT2D eigenvalue weighted by Gasteiger charge is 1.98. The molecule has 2 aromatic rings. The fourth-order valence-corrected chi connectivity index (χ4v) is 2.01. The SMILES string of the molecule is COc1cccc(Cc2cc[c]s2)c1. The fourth-order valence-electron chi connectivity index (χ4n) is 1.35. The summed E-state index contributed by atoms with van der Waals surface area (Å²) < 4.78 is 5.17. The molecule has 0 N–H and O–H groups in total. The molecule has 0 spiro atoms. The van der Waals surface area contributed by atoms with Crippen molar-refractivity contribution >= 4 is 11.3 Å². The lowest BCUT2D eigenvalue weighted by atomic mass is 10.1. The minimum Gasteiger partial charge on any atom is -0.497 e. The highest BCUT2D eigenvalue weighted by Crippen LogP contribution is 2.18. The Kier molecular flexibility index (Phi) is 2.84. The molecule has 0 aliphatic heterocycles. The third-order valence-corrected chi connectivity index (χ3v) is 2.84. The fraction of sp³-hybridized carbons (Fsp3) is 0.167. The molecule has 71 valence electrons. The Morgan fingerprint density at radius 1 is 1.36 bits per heavy atom. The van der Waals surface area contributed by atoms with E-state index in [1.165, 1.54) is 10.4 Å². The van der Waals surface area contributed by atoms with Crippen molar-refractivity contribution < 1.29 is 4.74 Å². The zero-order chi connectivity index (χ0) is 9.80. The molecule has 0 saturated heterocycles. The number of ether oxygens (including phenoxy) is 1. The monoisotopic (exact) mass is 203 g/mol. The van der Waals surface area contributed by atoms with Gasteiger partial charge in [-0.15, -0.1) is 11.3 Å². The van der Waals surface area contributed by atoms with Gasteiger partial charge in [0.15, 0.2) is 0 Å². The van der Waals surface area contributed by atoms with Crippen molar-refractivity contribution in [2.75, 3.05) is 7.11 Å². The summed E-state index contributed by atoms with van der Waals surface area (Å²) in [5.74, 6) is 0.919. The Balaban J connectivity index is 2.17. The second-order valence-electron chi connectivity index (χ2n) is 3.05. The quantitative estimate of drug-likeness (QED) is 0.744.